The Morgan fingerprint density at radius 1 is 1.33 bits per heavy atom. The number of amides is 1. The van der Waals surface area contributed by atoms with Gasteiger partial charge in [-0.2, -0.15) is 9.42 Å². The van der Waals surface area contributed by atoms with Crippen molar-refractivity contribution in [2.45, 2.75) is 34.1 Å². The van der Waals surface area contributed by atoms with Crippen LogP contribution in [-0.2, 0) is 19.3 Å². The van der Waals surface area contributed by atoms with E-state index in [0.29, 0.717) is 18.7 Å². The maximum atomic E-state index is 13.2. The van der Waals surface area contributed by atoms with Gasteiger partial charge in [-0.3, -0.25) is 9.52 Å². The Morgan fingerprint density at radius 3 is 2.58 bits per heavy atom. The van der Waals surface area contributed by atoms with E-state index in [-0.39, 0.29) is 45.9 Å². The number of benzene rings is 1. The third-order valence-electron chi connectivity index (χ3n) is 5.03. The summed E-state index contributed by atoms with van der Waals surface area (Å²) < 4.78 is 35.5. The number of carbonyl (C=O) groups is 1. The second-order valence-corrected chi connectivity index (χ2v) is 12.9. The first-order valence-electron chi connectivity index (χ1n) is 10.4. The second-order valence-electron chi connectivity index (χ2n) is 9.08. The maximum Gasteiger partial charge on any atom is 0.432 e. The van der Waals surface area contributed by atoms with Gasteiger partial charge in [-0.05, 0) is 35.7 Å². The molecule has 33 heavy (non-hydrogen) atoms. The highest BCUT2D eigenvalue weighted by molar-refractivity contribution is 7.92. The Kier molecular flexibility index (Phi) is 6.65. The summed E-state index contributed by atoms with van der Waals surface area (Å²) in [6.07, 6.45) is 1.71. The summed E-state index contributed by atoms with van der Waals surface area (Å²) in [6, 6.07) is 4.49. The molecule has 0 aromatic heterocycles. The number of amidine groups is 1. The quantitative estimate of drug-likeness (QED) is 0.425. The van der Waals surface area contributed by atoms with E-state index in [1.807, 2.05) is 20.8 Å². The smallest absolute Gasteiger partial charge is 0.432 e. The van der Waals surface area contributed by atoms with E-state index in [1.54, 1.807) is 13.0 Å². The first-order chi connectivity index (χ1) is 15.1. The number of fused-ring (bicyclic) bond motifs is 1. The van der Waals surface area contributed by atoms with Crippen LogP contribution in [0, 0.1) is 5.41 Å². The van der Waals surface area contributed by atoms with Gasteiger partial charge >= 0.3 is 7.87 Å². The lowest BCUT2D eigenvalue weighted by Crippen LogP contribution is -2.34. The molecule has 180 valence electrons. The fourth-order valence-corrected chi connectivity index (χ4v) is 5.81. The highest BCUT2D eigenvalue weighted by atomic mass is 32.2. The van der Waals surface area contributed by atoms with E-state index in [9.17, 15) is 23.2 Å². The fourth-order valence-electron chi connectivity index (χ4n) is 3.42. The third-order valence-corrected chi connectivity index (χ3v) is 7.72. The molecule has 1 unspecified atom stereocenters. The zero-order valence-electron chi connectivity index (χ0n) is 19.3. The van der Waals surface area contributed by atoms with Crippen LogP contribution in [-0.4, -0.2) is 54.5 Å². The Hall–Kier alpha value is -2.46. The van der Waals surface area contributed by atoms with Crippen molar-refractivity contribution in [3.8, 4) is 0 Å². The largest absolute Gasteiger partial charge is 0.505 e. The van der Waals surface area contributed by atoms with Gasteiger partial charge in [-0.25, -0.2) is 8.42 Å². The van der Waals surface area contributed by atoms with Gasteiger partial charge in [0.05, 0.1) is 29.9 Å². The van der Waals surface area contributed by atoms with Crippen LogP contribution in [0.4, 0.5) is 11.4 Å². The number of hydrogen-bond acceptors (Lipinski definition) is 8. The zero-order chi connectivity index (χ0) is 24.8. The molecule has 0 bridgehead atoms. The molecule has 1 amide bonds. The van der Waals surface area contributed by atoms with E-state index >= 15 is 0 Å². The van der Waals surface area contributed by atoms with Crippen LogP contribution < -0.4 is 15.3 Å². The molecule has 0 saturated carbocycles. The lowest BCUT2D eigenvalue weighted by molar-refractivity contribution is -0.123. The van der Waals surface area contributed by atoms with E-state index in [1.165, 1.54) is 17.0 Å². The average Bonchev–Trinajstić information content (AvgIpc) is 2.87. The summed E-state index contributed by atoms with van der Waals surface area (Å²) in [5, 5.41) is 13.9. The number of carbonyl (C=O) groups excluding carboxylic acids is 1. The highest BCUT2D eigenvalue weighted by Gasteiger charge is 2.50. The summed E-state index contributed by atoms with van der Waals surface area (Å²) >= 11 is 0. The summed E-state index contributed by atoms with van der Waals surface area (Å²) in [7, 11) is -7.18. The van der Waals surface area contributed by atoms with Crippen LogP contribution in [0.15, 0.2) is 46.6 Å². The van der Waals surface area contributed by atoms with Crippen LogP contribution >= 0.6 is 7.87 Å². The number of nitrogens with zero attached hydrogens (tertiary/aromatic N) is 2. The van der Waals surface area contributed by atoms with Gasteiger partial charge in [0.15, 0.2) is 11.6 Å². The van der Waals surface area contributed by atoms with E-state index in [4.69, 9.17) is 4.52 Å². The van der Waals surface area contributed by atoms with Crippen LogP contribution in [0.3, 0.4) is 0 Å². The van der Waals surface area contributed by atoms with Crippen molar-refractivity contribution >= 4 is 46.3 Å². The van der Waals surface area contributed by atoms with Crippen LogP contribution in [0.2, 0.25) is 0 Å². The number of rotatable bonds is 7. The summed E-state index contributed by atoms with van der Waals surface area (Å²) in [5.41, 5.74) is 0.652. The number of aliphatic hydroxyl groups is 1. The molecule has 12 heteroatoms. The average molecular weight is 498 g/mol. The topological polar surface area (TPSA) is 141 Å². The van der Waals surface area contributed by atoms with E-state index in [2.05, 4.69) is 21.4 Å². The molecule has 0 fully saturated rings. The molecule has 0 aliphatic carbocycles. The Labute approximate surface area is 194 Å². The predicted octanol–water partition coefficient (Wildman–Crippen LogP) is 2.90. The molecular weight excluding hydrogens is 467 g/mol. The van der Waals surface area contributed by atoms with Crippen LogP contribution in [0.1, 0.15) is 34.1 Å². The fraction of sp³-hybridized carbons (Fsp3) is 0.429. The molecule has 2 aliphatic heterocycles. The molecule has 2 aliphatic rings. The second kappa shape index (κ2) is 8.72. The van der Waals surface area contributed by atoms with Crippen molar-refractivity contribution < 1.29 is 27.7 Å². The summed E-state index contributed by atoms with van der Waals surface area (Å²) in [4.78, 5) is 25.9. The first kappa shape index (κ1) is 25.2. The van der Waals surface area contributed by atoms with Crippen molar-refractivity contribution in [2.24, 2.45) is 10.2 Å². The van der Waals surface area contributed by atoms with Gasteiger partial charge < -0.3 is 15.3 Å². The highest BCUT2D eigenvalue weighted by Crippen LogP contribution is 2.60. The van der Waals surface area contributed by atoms with Crippen LogP contribution in [0.5, 0.6) is 0 Å². The third kappa shape index (κ3) is 5.38. The maximum absolute atomic E-state index is 13.2. The molecule has 0 spiro atoms. The molecule has 3 rings (SSSR count). The molecule has 2 heterocycles. The van der Waals surface area contributed by atoms with Gasteiger partial charge in [-0.15, -0.1) is 0 Å². The molecule has 0 radical (unpaired) electrons. The predicted molar refractivity (Wildman–Crippen MR) is 131 cm³/mol. The van der Waals surface area contributed by atoms with Crippen molar-refractivity contribution in [1.29, 1.82) is 0 Å². The minimum absolute atomic E-state index is 0.0301. The van der Waals surface area contributed by atoms with Crippen molar-refractivity contribution in [2.75, 3.05) is 29.4 Å². The van der Waals surface area contributed by atoms with Gasteiger partial charge in [0.25, 0.3) is 5.91 Å². The zero-order valence-corrected chi connectivity index (χ0v) is 21.0. The Balaban J connectivity index is 2.01. The van der Waals surface area contributed by atoms with E-state index < -0.39 is 23.8 Å². The molecule has 10 nitrogen and oxygen atoms in total. The molecule has 4 N–H and O–H groups in total. The molecule has 1 aromatic rings. The normalized spacial score (nSPS) is 21.2. The summed E-state index contributed by atoms with van der Waals surface area (Å²) in [5.74, 6) is -0.825. The van der Waals surface area contributed by atoms with Crippen LogP contribution in [0.25, 0.3) is 0 Å². The van der Waals surface area contributed by atoms with E-state index in [0.717, 1.165) is 6.26 Å². The number of anilines is 2. The van der Waals surface area contributed by atoms with Gasteiger partial charge in [0, 0.05) is 12.6 Å². The molecular formula is C21H30N4O6PS+. The monoisotopic (exact) mass is 497 g/mol. The van der Waals surface area contributed by atoms with Gasteiger partial charge in [0.1, 0.15) is 5.57 Å². The molecule has 1 atom stereocenters. The number of aliphatic hydroxyl groups excluding tert-OH is 1. The summed E-state index contributed by atoms with van der Waals surface area (Å²) in [6.45, 7) is 12.2. The van der Waals surface area contributed by atoms with Gasteiger partial charge in [-0.1, -0.05) is 27.4 Å². The van der Waals surface area contributed by atoms with Crippen molar-refractivity contribution in [3.05, 3.63) is 41.8 Å². The number of nitrogens with one attached hydrogen (secondary N) is 2. The Bertz CT molecular complexity index is 1170. The Morgan fingerprint density at radius 2 is 2.00 bits per heavy atom. The van der Waals surface area contributed by atoms with Gasteiger partial charge in [0.2, 0.25) is 15.3 Å². The minimum Gasteiger partial charge on any atom is -0.505 e. The minimum atomic E-state index is -3.64. The lowest BCUT2D eigenvalue weighted by Gasteiger charge is -2.25. The molecule has 1 aromatic carbocycles. The SMILES string of the molecule is C=C1C(O)=C(C2=N[P+](O)(OCC)c3cc(NS(C)(=O)=O)ccc3N2)C(=O)N1CCC(C)(C)C. The lowest BCUT2D eigenvalue weighted by atomic mass is 9.92. The molecule has 0 saturated heterocycles. The van der Waals surface area contributed by atoms with Crippen molar-refractivity contribution in [3.63, 3.8) is 0 Å². The number of hydrogen-bond donors (Lipinski definition) is 4. The van der Waals surface area contributed by atoms with Crippen molar-refractivity contribution in [1.82, 2.24) is 4.90 Å². The standard InChI is InChI=1S/C21H29N4O6PS/c1-7-31-32(28)16-12-14(24-33(6,29)30)8-9-15(16)22-19(23-32)17-18(26)13(2)25(20(17)27)11-10-21(3,4)5/h8-9,12,24,28H,2,7,10-11H2,1,3-6H3,(H-,22,23,26,27)/p+1. The first-order valence-corrected chi connectivity index (χ1v) is 13.9. The number of sulfonamides is 1.